The van der Waals surface area contributed by atoms with Crippen LogP contribution in [0.3, 0.4) is 0 Å². The van der Waals surface area contributed by atoms with E-state index < -0.39 is 0 Å². The van der Waals surface area contributed by atoms with Crippen LogP contribution in [0.2, 0.25) is 0 Å². The second kappa shape index (κ2) is 3.99. The molecule has 2 atom stereocenters. The molecule has 1 aromatic rings. The van der Waals surface area contributed by atoms with Crippen molar-refractivity contribution in [2.75, 3.05) is 18.0 Å². The first-order valence-corrected chi connectivity index (χ1v) is 5.67. The van der Waals surface area contributed by atoms with Crippen LogP contribution in [0.5, 0.6) is 0 Å². The molecule has 0 amide bonds. The molecule has 3 rings (SSSR count). The summed E-state index contributed by atoms with van der Waals surface area (Å²) in [6, 6.07) is 0. The van der Waals surface area contributed by atoms with Crippen LogP contribution in [0.4, 0.5) is 5.95 Å². The molecule has 2 unspecified atom stereocenters. The second-order valence-electron chi connectivity index (χ2n) is 4.41. The van der Waals surface area contributed by atoms with Gasteiger partial charge in [-0.25, -0.2) is 9.97 Å². The van der Waals surface area contributed by atoms with Crippen LogP contribution in [0.15, 0.2) is 12.4 Å². The third kappa shape index (κ3) is 1.76. The smallest absolute Gasteiger partial charge is 0.225 e. The maximum atomic E-state index is 8.92. The lowest BCUT2D eigenvalue weighted by Crippen LogP contribution is -2.43. The Bertz CT molecular complexity index is 356. The van der Waals surface area contributed by atoms with Gasteiger partial charge in [-0.2, -0.15) is 0 Å². The van der Waals surface area contributed by atoms with Crippen molar-refractivity contribution in [2.45, 2.75) is 31.7 Å². The number of fused-ring (bicyclic) bond motifs is 2. The molecule has 2 saturated heterocycles. The highest BCUT2D eigenvalue weighted by Gasteiger charge is 2.34. The molecule has 0 radical (unpaired) electrons. The molecule has 16 heavy (non-hydrogen) atoms. The predicted octanol–water partition coefficient (Wildman–Crippen LogP) is 0.336. The van der Waals surface area contributed by atoms with Gasteiger partial charge in [0.1, 0.15) is 0 Å². The standard InChI is InChI=1S/C11H15N3O2/c15-7-8-3-12-11(13-4-8)14-5-9-1-2-10(6-14)16-9/h3-4,9-10,15H,1-2,5-7H2. The molecule has 3 heterocycles. The Morgan fingerprint density at radius 1 is 1.25 bits per heavy atom. The number of ether oxygens (including phenoxy) is 1. The number of hydrogen-bond acceptors (Lipinski definition) is 5. The first kappa shape index (κ1) is 9.99. The van der Waals surface area contributed by atoms with E-state index >= 15 is 0 Å². The third-order valence-electron chi connectivity index (χ3n) is 3.20. The number of morpholine rings is 1. The van der Waals surface area contributed by atoms with Crippen LogP contribution in [0.25, 0.3) is 0 Å². The number of rotatable bonds is 2. The quantitative estimate of drug-likeness (QED) is 0.780. The summed E-state index contributed by atoms with van der Waals surface area (Å²) in [5.41, 5.74) is 0.750. The topological polar surface area (TPSA) is 58.5 Å². The Hall–Kier alpha value is -1.20. The Morgan fingerprint density at radius 3 is 2.44 bits per heavy atom. The summed E-state index contributed by atoms with van der Waals surface area (Å²) in [4.78, 5) is 10.7. The average molecular weight is 221 g/mol. The first-order valence-electron chi connectivity index (χ1n) is 5.67. The SMILES string of the molecule is OCc1cnc(N2CC3CCC(C2)O3)nc1. The van der Waals surface area contributed by atoms with E-state index in [1.165, 1.54) is 0 Å². The molecule has 5 heteroatoms. The summed E-state index contributed by atoms with van der Waals surface area (Å²) in [5.74, 6) is 0.748. The summed E-state index contributed by atoms with van der Waals surface area (Å²) < 4.78 is 5.76. The molecule has 0 aliphatic carbocycles. The van der Waals surface area contributed by atoms with Crippen LogP contribution in [0, 0.1) is 0 Å². The van der Waals surface area contributed by atoms with Crippen molar-refractivity contribution in [3.05, 3.63) is 18.0 Å². The predicted molar refractivity (Wildman–Crippen MR) is 58.1 cm³/mol. The van der Waals surface area contributed by atoms with Gasteiger partial charge in [0.15, 0.2) is 0 Å². The van der Waals surface area contributed by atoms with Crippen LogP contribution in [0.1, 0.15) is 18.4 Å². The molecule has 0 spiro atoms. The van der Waals surface area contributed by atoms with Crippen molar-refractivity contribution in [2.24, 2.45) is 0 Å². The zero-order valence-electron chi connectivity index (χ0n) is 9.04. The fourth-order valence-electron chi connectivity index (χ4n) is 2.37. The van der Waals surface area contributed by atoms with Gasteiger partial charge in [0, 0.05) is 31.0 Å². The highest BCUT2D eigenvalue weighted by atomic mass is 16.5. The molecule has 5 nitrogen and oxygen atoms in total. The summed E-state index contributed by atoms with van der Waals surface area (Å²) in [6.07, 6.45) is 6.35. The van der Waals surface area contributed by atoms with E-state index in [2.05, 4.69) is 14.9 Å². The van der Waals surface area contributed by atoms with Crippen molar-refractivity contribution in [1.82, 2.24) is 9.97 Å². The third-order valence-corrected chi connectivity index (χ3v) is 3.20. The largest absolute Gasteiger partial charge is 0.392 e. The van der Waals surface area contributed by atoms with E-state index in [4.69, 9.17) is 9.84 Å². The van der Waals surface area contributed by atoms with Crippen LogP contribution >= 0.6 is 0 Å². The van der Waals surface area contributed by atoms with Gasteiger partial charge in [-0.05, 0) is 12.8 Å². The van der Waals surface area contributed by atoms with E-state index in [1.807, 2.05) is 0 Å². The molecule has 2 aliphatic heterocycles. The van der Waals surface area contributed by atoms with Crippen molar-refractivity contribution >= 4 is 5.95 Å². The average Bonchev–Trinajstić information content (AvgIpc) is 2.68. The highest BCUT2D eigenvalue weighted by Crippen LogP contribution is 2.27. The number of hydrogen-bond donors (Lipinski definition) is 1. The van der Waals surface area contributed by atoms with Crippen molar-refractivity contribution in [3.63, 3.8) is 0 Å². The summed E-state index contributed by atoms with van der Waals surface area (Å²) in [6.45, 7) is 1.76. The molecule has 0 saturated carbocycles. The molecule has 2 fully saturated rings. The van der Waals surface area contributed by atoms with Gasteiger partial charge in [0.05, 0.1) is 18.8 Å². The molecule has 2 bridgehead atoms. The van der Waals surface area contributed by atoms with Crippen LogP contribution < -0.4 is 4.90 Å². The Morgan fingerprint density at radius 2 is 1.88 bits per heavy atom. The summed E-state index contributed by atoms with van der Waals surface area (Å²) in [5, 5.41) is 8.92. The summed E-state index contributed by atoms with van der Waals surface area (Å²) >= 11 is 0. The Balaban J connectivity index is 1.76. The Labute approximate surface area is 94.1 Å². The number of nitrogens with zero attached hydrogens (tertiary/aromatic N) is 3. The minimum absolute atomic E-state index is 0.00532. The molecule has 1 N–H and O–H groups in total. The van der Waals surface area contributed by atoms with E-state index in [0.717, 1.165) is 37.4 Å². The molecular formula is C11H15N3O2. The van der Waals surface area contributed by atoms with E-state index in [1.54, 1.807) is 12.4 Å². The van der Waals surface area contributed by atoms with Gasteiger partial charge < -0.3 is 14.7 Å². The lowest BCUT2D eigenvalue weighted by Gasteiger charge is -2.31. The normalized spacial score (nSPS) is 28.4. The van der Waals surface area contributed by atoms with Gasteiger partial charge >= 0.3 is 0 Å². The minimum Gasteiger partial charge on any atom is -0.392 e. The van der Waals surface area contributed by atoms with Gasteiger partial charge in [-0.3, -0.25) is 0 Å². The lowest BCUT2D eigenvalue weighted by atomic mass is 10.2. The molecule has 1 aromatic heterocycles. The number of aliphatic hydroxyl groups is 1. The monoisotopic (exact) mass is 221 g/mol. The van der Waals surface area contributed by atoms with Crippen LogP contribution in [-0.2, 0) is 11.3 Å². The number of aromatic nitrogens is 2. The van der Waals surface area contributed by atoms with E-state index in [0.29, 0.717) is 12.2 Å². The fourth-order valence-corrected chi connectivity index (χ4v) is 2.37. The zero-order chi connectivity index (χ0) is 11.0. The maximum Gasteiger partial charge on any atom is 0.225 e. The molecule has 0 aromatic carbocycles. The zero-order valence-corrected chi connectivity index (χ0v) is 9.04. The van der Waals surface area contributed by atoms with E-state index in [9.17, 15) is 0 Å². The van der Waals surface area contributed by atoms with Gasteiger partial charge in [-0.1, -0.05) is 0 Å². The number of aliphatic hydroxyl groups excluding tert-OH is 1. The number of anilines is 1. The van der Waals surface area contributed by atoms with Gasteiger partial charge in [-0.15, -0.1) is 0 Å². The lowest BCUT2D eigenvalue weighted by molar-refractivity contribution is 0.0299. The molecular weight excluding hydrogens is 206 g/mol. The highest BCUT2D eigenvalue weighted by molar-refractivity contribution is 5.31. The van der Waals surface area contributed by atoms with Crippen molar-refractivity contribution < 1.29 is 9.84 Å². The fraction of sp³-hybridized carbons (Fsp3) is 0.636. The minimum atomic E-state index is -0.00532. The Kier molecular flexibility index (Phi) is 2.49. The maximum absolute atomic E-state index is 8.92. The van der Waals surface area contributed by atoms with Crippen LogP contribution in [-0.4, -0.2) is 40.4 Å². The van der Waals surface area contributed by atoms with Crippen molar-refractivity contribution in [1.29, 1.82) is 0 Å². The van der Waals surface area contributed by atoms with Gasteiger partial charge in [0.25, 0.3) is 0 Å². The molecule has 86 valence electrons. The van der Waals surface area contributed by atoms with E-state index in [-0.39, 0.29) is 6.61 Å². The summed E-state index contributed by atoms with van der Waals surface area (Å²) in [7, 11) is 0. The second-order valence-corrected chi connectivity index (χ2v) is 4.41. The van der Waals surface area contributed by atoms with Gasteiger partial charge in [0.2, 0.25) is 5.95 Å². The molecule has 2 aliphatic rings. The van der Waals surface area contributed by atoms with Crippen molar-refractivity contribution in [3.8, 4) is 0 Å². The first-order chi connectivity index (χ1) is 7.85.